The van der Waals surface area contributed by atoms with Crippen molar-refractivity contribution in [1.29, 1.82) is 0 Å². The van der Waals surface area contributed by atoms with Crippen molar-refractivity contribution in [2.24, 2.45) is 0 Å². The van der Waals surface area contributed by atoms with Gasteiger partial charge in [-0.05, 0) is 6.42 Å². The van der Waals surface area contributed by atoms with Crippen LogP contribution in [-0.4, -0.2) is 44.4 Å². The molecule has 2 aromatic heterocycles. The van der Waals surface area contributed by atoms with E-state index in [2.05, 4.69) is 22.1 Å². The molecule has 2 heterocycles. The Balaban J connectivity index is 2.30. The number of fused-ring (bicyclic) bond motifs is 1. The summed E-state index contributed by atoms with van der Waals surface area (Å²) in [5, 5.41) is 17.0. The molecule has 0 spiro atoms. The van der Waals surface area contributed by atoms with Crippen LogP contribution in [0.4, 0.5) is 5.82 Å². The first-order valence-electron chi connectivity index (χ1n) is 5.87. The van der Waals surface area contributed by atoms with Crippen molar-refractivity contribution < 1.29 is 5.11 Å². The first kappa shape index (κ1) is 11.8. The minimum atomic E-state index is 0.112. The van der Waals surface area contributed by atoms with E-state index in [0.717, 1.165) is 30.9 Å². The van der Waals surface area contributed by atoms with Gasteiger partial charge in [-0.2, -0.15) is 0 Å². The van der Waals surface area contributed by atoms with Gasteiger partial charge in [-0.1, -0.05) is 13.3 Å². The van der Waals surface area contributed by atoms with E-state index in [4.69, 9.17) is 5.11 Å². The Labute approximate surface area is 99.9 Å². The summed E-state index contributed by atoms with van der Waals surface area (Å²) in [6, 6.07) is 0. The number of aromatic nitrogens is 4. The van der Waals surface area contributed by atoms with Gasteiger partial charge < -0.3 is 10.0 Å². The molecule has 92 valence electrons. The number of hydrogen-bond acceptors (Lipinski definition) is 5. The first-order valence-corrected chi connectivity index (χ1v) is 5.87. The van der Waals surface area contributed by atoms with Gasteiger partial charge in [0.15, 0.2) is 5.82 Å². The summed E-state index contributed by atoms with van der Waals surface area (Å²) in [5.41, 5.74) is 0.733. The predicted molar refractivity (Wildman–Crippen MR) is 65.0 cm³/mol. The number of aliphatic hydroxyl groups excluding tert-OH is 1. The second kappa shape index (κ2) is 5.58. The molecule has 0 amide bonds. The Morgan fingerprint density at radius 1 is 1.41 bits per heavy atom. The molecule has 2 rings (SSSR count). The molecule has 0 aromatic carbocycles. The Kier molecular flexibility index (Phi) is 3.87. The lowest BCUT2D eigenvalue weighted by Gasteiger charge is -2.22. The molecule has 0 atom stereocenters. The van der Waals surface area contributed by atoms with Gasteiger partial charge in [0.25, 0.3) is 0 Å². The highest BCUT2D eigenvalue weighted by atomic mass is 16.3. The largest absolute Gasteiger partial charge is 0.395 e. The molecule has 17 heavy (non-hydrogen) atoms. The summed E-state index contributed by atoms with van der Waals surface area (Å²) < 4.78 is 1.83. The summed E-state index contributed by atoms with van der Waals surface area (Å²) in [4.78, 5) is 6.39. The van der Waals surface area contributed by atoms with E-state index in [9.17, 15) is 0 Å². The van der Waals surface area contributed by atoms with Crippen LogP contribution in [0.15, 0.2) is 18.7 Å². The molecular formula is C11H17N5O. The van der Waals surface area contributed by atoms with Crippen molar-refractivity contribution >= 4 is 11.5 Å². The van der Waals surface area contributed by atoms with Gasteiger partial charge in [-0.3, -0.25) is 4.40 Å². The fourth-order valence-electron chi connectivity index (χ4n) is 1.76. The van der Waals surface area contributed by atoms with Gasteiger partial charge >= 0.3 is 0 Å². The number of nitrogens with zero attached hydrogens (tertiary/aromatic N) is 5. The monoisotopic (exact) mass is 235 g/mol. The lowest BCUT2D eigenvalue weighted by Crippen LogP contribution is -2.29. The van der Waals surface area contributed by atoms with E-state index in [1.54, 1.807) is 12.5 Å². The molecule has 0 aliphatic rings. The summed E-state index contributed by atoms with van der Waals surface area (Å²) in [5.74, 6) is 0.785. The zero-order valence-electron chi connectivity index (χ0n) is 9.95. The van der Waals surface area contributed by atoms with Crippen LogP contribution in [0.25, 0.3) is 5.65 Å². The number of aliphatic hydroxyl groups is 1. The molecule has 0 unspecified atom stereocenters. The third kappa shape index (κ3) is 2.52. The van der Waals surface area contributed by atoms with Crippen molar-refractivity contribution in [3.8, 4) is 0 Å². The second-order valence-corrected chi connectivity index (χ2v) is 3.88. The normalized spacial score (nSPS) is 10.9. The maximum atomic E-state index is 9.11. The van der Waals surface area contributed by atoms with E-state index in [0.29, 0.717) is 6.54 Å². The number of anilines is 1. The van der Waals surface area contributed by atoms with Gasteiger partial charge in [0.1, 0.15) is 6.33 Å². The average molecular weight is 235 g/mol. The summed E-state index contributed by atoms with van der Waals surface area (Å²) >= 11 is 0. The molecule has 0 bridgehead atoms. The maximum Gasteiger partial charge on any atom is 0.203 e. The van der Waals surface area contributed by atoms with Crippen LogP contribution in [0.3, 0.4) is 0 Å². The molecule has 0 saturated carbocycles. The average Bonchev–Trinajstić information content (AvgIpc) is 2.82. The molecular weight excluding hydrogens is 218 g/mol. The van der Waals surface area contributed by atoms with Gasteiger partial charge in [-0.15, -0.1) is 10.2 Å². The molecule has 6 nitrogen and oxygen atoms in total. The van der Waals surface area contributed by atoms with Crippen molar-refractivity contribution in [2.75, 3.05) is 24.6 Å². The zero-order valence-corrected chi connectivity index (χ0v) is 9.95. The number of hydrogen-bond donors (Lipinski definition) is 1. The van der Waals surface area contributed by atoms with E-state index in [1.807, 2.05) is 15.5 Å². The number of rotatable bonds is 6. The van der Waals surface area contributed by atoms with Crippen molar-refractivity contribution in [2.45, 2.75) is 19.8 Å². The molecule has 0 aliphatic carbocycles. The fourth-order valence-corrected chi connectivity index (χ4v) is 1.76. The van der Waals surface area contributed by atoms with Crippen LogP contribution >= 0.6 is 0 Å². The number of unbranched alkanes of at least 4 members (excludes halogenated alkanes) is 1. The SMILES string of the molecule is CCCCN(CCO)c1nccn2cnnc12. The Bertz CT molecular complexity index is 470. The second-order valence-electron chi connectivity index (χ2n) is 3.88. The Hall–Kier alpha value is -1.69. The van der Waals surface area contributed by atoms with Crippen LogP contribution in [0, 0.1) is 0 Å². The van der Waals surface area contributed by atoms with Crippen LogP contribution in [0.1, 0.15) is 19.8 Å². The molecule has 0 radical (unpaired) electrons. The third-order valence-electron chi connectivity index (χ3n) is 2.65. The highest BCUT2D eigenvalue weighted by Crippen LogP contribution is 2.16. The molecule has 1 N–H and O–H groups in total. The Morgan fingerprint density at radius 3 is 3.06 bits per heavy atom. The van der Waals surface area contributed by atoms with Gasteiger partial charge in [0, 0.05) is 25.5 Å². The molecule has 0 fully saturated rings. The maximum absolute atomic E-state index is 9.11. The van der Waals surface area contributed by atoms with Crippen LogP contribution in [0.2, 0.25) is 0 Å². The molecule has 0 aliphatic heterocycles. The van der Waals surface area contributed by atoms with Gasteiger partial charge in [0.2, 0.25) is 5.65 Å². The van der Waals surface area contributed by atoms with Gasteiger partial charge in [0.05, 0.1) is 6.61 Å². The molecule has 0 saturated heterocycles. The van der Waals surface area contributed by atoms with Crippen molar-refractivity contribution in [3.05, 3.63) is 18.7 Å². The van der Waals surface area contributed by atoms with Crippen molar-refractivity contribution in [1.82, 2.24) is 19.6 Å². The fraction of sp³-hybridized carbons (Fsp3) is 0.545. The van der Waals surface area contributed by atoms with Crippen LogP contribution < -0.4 is 4.90 Å². The minimum absolute atomic E-state index is 0.112. The van der Waals surface area contributed by atoms with E-state index in [-0.39, 0.29) is 6.61 Å². The lowest BCUT2D eigenvalue weighted by atomic mass is 10.3. The quantitative estimate of drug-likeness (QED) is 0.799. The minimum Gasteiger partial charge on any atom is -0.395 e. The van der Waals surface area contributed by atoms with Crippen LogP contribution in [-0.2, 0) is 0 Å². The molecule has 2 aromatic rings. The standard InChI is InChI=1S/C11H17N5O/c1-2-3-5-15(7-8-17)10-11-14-13-9-16(11)6-4-12-10/h4,6,9,17H,2-3,5,7-8H2,1H3. The summed E-state index contributed by atoms with van der Waals surface area (Å²) in [6.07, 6.45) is 7.36. The summed E-state index contributed by atoms with van der Waals surface area (Å²) in [7, 11) is 0. The highest BCUT2D eigenvalue weighted by Gasteiger charge is 2.12. The lowest BCUT2D eigenvalue weighted by molar-refractivity contribution is 0.301. The summed E-state index contributed by atoms with van der Waals surface area (Å²) in [6.45, 7) is 3.69. The molecule has 6 heteroatoms. The van der Waals surface area contributed by atoms with Gasteiger partial charge in [-0.25, -0.2) is 4.98 Å². The first-order chi connectivity index (χ1) is 8.36. The highest BCUT2D eigenvalue weighted by molar-refractivity contribution is 5.63. The van der Waals surface area contributed by atoms with E-state index < -0.39 is 0 Å². The Morgan fingerprint density at radius 2 is 2.29 bits per heavy atom. The van der Waals surface area contributed by atoms with Crippen molar-refractivity contribution in [3.63, 3.8) is 0 Å². The topological polar surface area (TPSA) is 66.5 Å². The zero-order chi connectivity index (χ0) is 12.1. The third-order valence-corrected chi connectivity index (χ3v) is 2.65. The van der Waals surface area contributed by atoms with E-state index >= 15 is 0 Å². The smallest absolute Gasteiger partial charge is 0.203 e. The van der Waals surface area contributed by atoms with E-state index in [1.165, 1.54) is 0 Å². The predicted octanol–water partition coefficient (Wildman–Crippen LogP) is 0.723. The van der Waals surface area contributed by atoms with Crippen LogP contribution in [0.5, 0.6) is 0 Å².